The zero-order valence-corrected chi connectivity index (χ0v) is 5.15. The summed E-state index contributed by atoms with van der Waals surface area (Å²) in [6.07, 6.45) is 7.81. The molecule has 2 rings (SSSR count). The number of nitrogens with zero attached hydrogens (tertiary/aromatic N) is 3. The first-order valence-electron chi connectivity index (χ1n) is 2.90. The minimum Gasteiger partial charge on any atom is -0.254 e. The number of aromatic nitrogens is 3. The second-order valence-corrected chi connectivity index (χ2v) is 1.91. The SMILES string of the molecule is [c]1nccc2cnncc12. The van der Waals surface area contributed by atoms with E-state index in [0.29, 0.717) is 0 Å². The second kappa shape index (κ2) is 2.02. The Bertz CT molecular complexity index is 280. The molecule has 0 amide bonds. The fourth-order valence-corrected chi connectivity index (χ4v) is 0.781. The molecule has 0 aliphatic carbocycles. The van der Waals surface area contributed by atoms with Crippen molar-refractivity contribution in [3.8, 4) is 0 Å². The van der Waals surface area contributed by atoms with Crippen LogP contribution < -0.4 is 0 Å². The summed E-state index contributed by atoms with van der Waals surface area (Å²) >= 11 is 0. The monoisotopic (exact) mass is 130 g/mol. The van der Waals surface area contributed by atoms with Crippen molar-refractivity contribution in [3.05, 3.63) is 30.9 Å². The summed E-state index contributed by atoms with van der Waals surface area (Å²) in [5.74, 6) is 0. The third-order valence-corrected chi connectivity index (χ3v) is 1.27. The topological polar surface area (TPSA) is 38.7 Å². The lowest BCUT2D eigenvalue weighted by Gasteiger charge is -1.89. The zero-order chi connectivity index (χ0) is 6.81. The van der Waals surface area contributed by atoms with E-state index >= 15 is 0 Å². The van der Waals surface area contributed by atoms with Crippen molar-refractivity contribution in [1.82, 2.24) is 15.2 Å². The predicted molar refractivity (Wildman–Crippen MR) is 36.2 cm³/mol. The molecule has 2 aromatic rings. The van der Waals surface area contributed by atoms with Crippen LogP contribution in [0.3, 0.4) is 0 Å². The van der Waals surface area contributed by atoms with E-state index in [0.717, 1.165) is 10.8 Å². The van der Waals surface area contributed by atoms with Gasteiger partial charge in [0.1, 0.15) is 0 Å². The van der Waals surface area contributed by atoms with E-state index in [1.165, 1.54) is 0 Å². The molecule has 10 heavy (non-hydrogen) atoms. The molecule has 0 aliphatic heterocycles. The lowest BCUT2D eigenvalue weighted by atomic mass is 10.3. The molecular weight excluding hydrogens is 126 g/mol. The van der Waals surface area contributed by atoms with Crippen LogP contribution in [0.1, 0.15) is 0 Å². The van der Waals surface area contributed by atoms with Crippen LogP contribution in [-0.2, 0) is 0 Å². The van der Waals surface area contributed by atoms with Crippen LogP contribution in [0.15, 0.2) is 24.7 Å². The first-order valence-corrected chi connectivity index (χ1v) is 2.90. The van der Waals surface area contributed by atoms with Crippen LogP contribution in [-0.4, -0.2) is 15.2 Å². The van der Waals surface area contributed by atoms with Gasteiger partial charge in [0.2, 0.25) is 0 Å². The Morgan fingerprint density at radius 2 is 2.10 bits per heavy atom. The third-order valence-electron chi connectivity index (χ3n) is 1.27. The maximum Gasteiger partial charge on any atom is 0.0988 e. The van der Waals surface area contributed by atoms with Crippen molar-refractivity contribution in [1.29, 1.82) is 0 Å². The highest BCUT2D eigenvalue weighted by Gasteiger charge is 1.89. The number of hydrogen-bond acceptors (Lipinski definition) is 3. The largest absolute Gasteiger partial charge is 0.254 e. The predicted octanol–water partition coefficient (Wildman–Crippen LogP) is 0.825. The molecule has 1 radical (unpaired) electrons. The number of rotatable bonds is 0. The lowest BCUT2D eigenvalue weighted by Crippen LogP contribution is -1.80. The molecule has 0 aromatic carbocycles. The van der Waals surface area contributed by atoms with Gasteiger partial charge >= 0.3 is 0 Å². The van der Waals surface area contributed by atoms with E-state index in [2.05, 4.69) is 21.4 Å². The van der Waals surface area contributed by atoms with Gasteiger partial charge in [-0.2, -0.15) is 10.2 Å². The van der Waals surface area contributed by atoms with Crippen LogP contribution in [0, 0.1) is 6.20 Å². The third kappa shape index (κ3) is 0.719. The lowest BCUT2D eigenvalue weighted by molar-refractivity contribution is 1.05. The summed E-state index contributed by atoms with van der Waals surface area (Å²) in [6.45, 7) is 0. The molecule has 0 aliphatic rings. The molecule has 3 heteroatoms. The van der Waals surface area contributed by atoms with Crippen molar-refractivity contribution < 1.29 is 0 Å². The van der Waals surface area contributed by atoms with Gasteiger partial charge in [-0.1, -0.05) is 0 Å². The molecule has 0 unspecified atom stereocenters. The van der Waals surface area contributed by atoms with Gasteiger partial charge in [0.05, 0.1) is 18.6 Å². The average Bonchev–Trinajstić information content (AvgIpc) is 2.05. The number of pyridine rings is 1. The second-order valence-electron chi connectivity index (χ2n) is 1.91. The molecule has 0 saturated heterocycles. The maximum atomic E-state index is 3.82. The van der Waals surface area contributed by atoms with E-state index in [9.17, 15) is 0 Å². The van der Waals surface area contributed by atoms with Crippen LogP contribution in [0.2, 0.25) is 0 Å². The molecule has 0 fully saturated rings. The van der Waals surface area contributed by atoms with E-state index in [1.54, 1.807) is 18.6 Å². The van der Waals surface area contributed by atoms with Crippen molar-refractivity contribution in [3.63, 3.8) is 0 Å². The number of hydrogen-bond donors (Lipinski definition) is 0. The molecule has 3 nitrogen and oxygen atoms in total. The van der Waals surface area contributed by atoms with Gasteiger partial charge in [0.25, 0.3) is 0 Å². The summed E-state index contributed by atoms with van der Waals surface area (Å²) in [4.78, 5) is 3.82. The van der Waals surface area contributed by atoms with E-state index in [4.69, 9.17) is 0 Å². The molecule has 2 heterocycles. The standard InChI is InChI=1S/C7H4N3/c1-2-8-3-7-5-10-9-4-6(1)7/h1-2,4-5H. The summed E-state index contributed by atoms with van der Waals surface area (Å²) in [5.41, 5.74) is 0. The molecule has 0 spiro atoms. The maximum absolute atomic E-state index is 3.82. The normalized spacial score (nSPS) is 10.0. The van der Waals surface area contributed by atoms with Crippen LogP contribution in [0.25, 0.3) is 10.8 Å². The molecule has 0 atom stereocenters. The minimum absolute atomic E-state index is 0.900. The van der Waals surface area contributed by atoms with Crippen LogP contribution >= 0.6 is 0 Å². The molecule has 0 bridgehead atoms. The number of fused-ring (bicyclic) bond motifs is 1. The van der Waals surface area contributed by atoms with E-state index in [-0.39, 0.29) is 0 Å². The Morgan fingerprint density at radius 1 is 1.20 bits per heavy atom. The Hall–Kier alpha value is -1.51. The van der Waals surface area contributed by atoms with Gasteiger partial charge in [0, 0.05) is 17.0 Å². The first kappa shape index (κ1) is 5.29. The minimum atomic E-state index is 0.900. The molecule has 47 valence electrons. The van der Waals surface area contributed by atoms with Gasteiger partial charge < -0.3 is 0 Å². The van der Waals surface area contributed by atoms with Gasteiger partial charge in [-0.3, -0.25) is 4.98 Å². The van der Waals surface area contributed by atoms with Crippen molar-refractivity contribution in [2.75, 3.05) is 0 Å². The highest BCUT2D eigenvalue weighted by Crippen LogP contribution is 2.05. The Labute approximate surface area is 57.7 Å². The fourth-order valence-electron chi connectivity index (χ4n) is 0.781. The van der Waals surface area contributed by atoms with E-state index < -0.39 is 0 Å². The fraction of sp³-hybridized carbons (Fsp3) is 0. The Balaban J connectivity index is 2.89. The summed E-state index contributed by atoms with van der Waals surface area (Å²) in [5, 5.41) is 9.33. The van der Waals surface area contributed by atoms with Crippen LogP contribution in [0.5, 0.6) is 0 Å². The highest BCUT2D eigenvalue weighted by atomic mass is 15.1. The van der Waals surface area contributed by atoms with Gasteiger partial charge in [-0.05, 0) is 6.07 Å². The van der Waals surface area contributed by atoms with E-state index in [1.807, 2.05) is 6.07 Å². The van der Waals surface area contributed by atoms with Gasteiger partial charge in [-0.25, -0.2) is 0 Å². The average molecular weight is 130 g/mol. The summed E-state index contributed by atoms with van der Waals surface area (Å²) in [6, 6.07) is 1.88. The summed E-state index contributed by atoms with van der Waals surface area (Å²) < 4.78 is 0. The van der Waals surface area contributed by atoms with Gasteiger partial charge in [-0.15, -0.1) is 0 Å². The van der Waals surface area contributed by atoms with Crippen molar-refractivity contribution in [2.45, 2.75) is 0 Å². The summed E-state index contributed by atoms with van der Waals surface area (Å²) in [7, 11) is 0. The quantitative estimate of drug-likeness (QED) is 0.530. The molecular formula is C7H4N3. The molecule has 0 saturated carbocycles. The van der Waals surface area contributed by atoms with Crippen molar-refractivity contribution in [2.24, 2.45) is 0 Å². The van der Waals surface area contributed by atoms with Gasteiger partial charge in [0.15, 0.2) is 0 Å². The molecule has 2 aromatic heterocycles. The Morgan fingerprint density at radius 3 is 3.00 bits per heavy atom. The first-order chi connectivity index (χ1) is 4.97. The smallest absolute Gasteiger partial charge is 0.0988 e. The molecule has 0 N–H and O–H groups in total. The highest BCUT2D eigenvalue weighted by molar-refractivity contribution is 5.78. The van der Waals surface area contributed by atoms with Crippen LogP contribution in [0.4, 0.5) is 0 Å². The van der Waals surface area contributed by atoms with Crippen molar-refractivity contribution >= 4 is 10.8 Å². The Kier molecular flexibility index (Phi) is 1.07. The zero-order valence-electron chi connectivity index (χ0n) is 5.15.